The van der Waals surface area contributed by atoms with E-state index in [1.165, 1.54) is 12.0 Å². The first kappa shape index (κ1) is 5.93. The van der Waals surface area contributed by atoms with Crippen molar-refractivity contribution in [1.29, 1.82) is 0 Å². The van der Waals surface area contributed by atoms with Crippen LogP contribution in [0.25, 0.3) is 0 Å². The van der Waals surface area contributed by atoms with Gasteiger partial charge >= 0.3 is 0 Å². The number of rotatable bonds is 1. The van der Waals surface area contributed by atoms with Crippen LogP contribution >= 0.6 is 0 Å². The maximum atomic E-state index is 5.70. The van der Waals surface area contributed by atoms with Gasteiger partial charge in [-0.2, -0.15) is 0 Å². The summed E-state index contributed by atoms with van der Waals surface area (Å²) in [5, 5.41) is 0. The molecule has 1 saturated carbocycles. The summed E-state index contributed by atoms with van der Waals surface area (Å²) in [5.41, 5.74) is 7.10. The van der Waals surface area contributed by atoms with Gasteiger partial charge in [-0.15, -0.1) is 0 Å². The molecule has 2 rings (SSSR count). The maximum absolute atomic E-state index is 5.70. The van der Waals surface area contributed by atoms with Gasteiger partial charge in [0.15, 0.2) is 0 Å². The molecular weight excluding hydrogens is 122 g/mol. The Hall–Kier alpha value is -0.820. The Bertz CT molecular complexity index is 217. The average Bonchev–Trinajstić information content (AvgIpc) is 2.69. The molecule has 0 amide bonds. The molecule has 2 atom stereocenters. The standard InChI is InChI=1S/C9H11N/c10-9-6-8(9)7-4-2-1-3-5-7/h1-5,8-9H,6,10H2/t8-,9?/m1/s1. The molecule has 52 valence electrons. The summed E-state index contributed by atoms with van der Waals surface area (Å²) in [5.74, 6) is 0.654. The van der Waals surface area contributed by atoms with Gasteiger partial charge < -0.3 is 5.73 Å². The minimum absolute atomic E-state index is 0.433. The molecule has 1 unspecified atom stereocenters. The molecule has 1 aromatic rings. The molecule has 0 aromatic heterocycles. The van der Waals surface area contributed by atoms with Crippen LogP contribution in [0.4, 0.5) is 0 Å². The van der Waals surface area contributed by atoms with Crippen LogP contribution in [0.2, 0.25) is 0 Å². The smallest absolute Gasteiger partial charge is 0.0115 e. The Balaban J connectivity index is 2.20. The van der Waals surface area contributed by atoms with Gasteiger partial charge in [0, 0.05) is 12.0 Å². The lowest BCUT2D eigenvalue weighted by atomic mass is 10.1. The third kappa shape index (κ3) is 0.929. The lowest BCUT2D eigenvalue weighted by Gasteiger charge is -1.94. The van der Waals surface area contributed by atoms with Crippen LogP contribution in [0.15, 0.2) is 30.3 Å². The zero-order chi connectivity index (χ0) is 6.97. The van der Waals surface area contributed by atoms with Crippen molar-refractivity contribution in [2.75, 3.05) is 0 Å². The summed E-state index contributed by atoms with van der Waals surface area (Å²) in [6.45, 7) is 0. The van der Waals surface area contributed by atoms with E-state index in [0.29, 0.717) is 12.0 Å². The van der Waals surface area contributed by atoms with E-state index in [1.54, 1.807) is 0 Å². The van der Waals surface area contributed by atoms with Crippen molar-refractivity contribution in [3.8, 4) is 0 Å². The van der Waals surface area contributed by atoms with E-state index in [-0.39, 0.29) is 0 Å². The molecule has 1 aliphatic carbocycles. The third-order valence-corrected chi connectivity index (χ3v) is 2.07. The van der Waals surface area contributed by atoms with E-state index >= 15 is 0 Å². The van der Waals surface area contributed by atoms with Crippen molar-refractivity contribution < 1.29 is 0 Å². The highest BCUT2D eigenvalue weighted by Gasteiger charge is 2.34. The summed E-state index contributed by atoms with van der Waals surface area (Å²) in [6.07, 6.45) is 1.17. The quantitative estimate of drug-likeness (QED) is 0.617. The molecule has 1 nitrogen and oxygen atoms in total. The minimum atomic E-state index is 0.433. The fourth-order valence-corrected chi connectivity index (χ4v) is 1.30. The second kappa shape index (κ2) is 2.10. The van der Waals surface area contributed by atoms with Crippen molar-refractivity contribution in [3.63, 3.8) is 0 Å². The van der Waals surface area contributed by atoms with Crippen LogP contribution in [0.3, 0.4) is 0 Å². The van der Waals surface area contributed by atoms with Gasteiger partial charge in [-0.1, -0.05) is 30.3 Å². The van der Waals surface area contributed by atoms with Gasteiger partial charge in [-0.05, 0) is 12.0 Å². The van der Waals surface area contributed by atoms with Gasteiger partial charge in [-0.3, -0.25) is 0 Å². The first-order chi connectivity index (χ1) is 4.88. The first-order valence-electron chi connectivity index (χ1n) is 3.68. The van der Waals surface area contributed by atoms with Gasteiger partial charge in [0.2, 0.25) is 0 Å². The molecule has 0 heterocycles. The van der Waals surface area contributed by atoms with Crippen molar-refractivity contribution in [2.24, 2.45) is 5.73 Å². The molecule has 0 aliphatic heterocycles. The van der Waals surface area contributed by atoms with Gasteiger partial charge in [0.1, 0.15) is 0 Å². The molecule has 1 fully saturated rings. The molecule has 1 aromatic carbocycles. The Kier molecular flexibility index (Phi) is 1.24. The summed E-state index contributed by atoms with van der Waals surface area (Å²) in [7, 11) is 0. The fraction of sp³-hybridized carbons (Fsp3) is 0.333. The van der Waals surface area contributed by atoms with Crippen LogP contribution in [-0.4, -0.2) is 6.04 Å². The highest BCUT2D eigenvalue weighted by molar-refractivity contribution is 5.26. The normalized spacial score (nSPS) is 30.1. The Morgan fingerprint density at radius 2 is 1.80 bits per heavy atom. The van der Waals surface area contributed by atoms with Gasteiger partial charge in [0.05, 0.1) is 0 Å². The highest BCUT2D eigenvalue weighted by atomic mass is 14.7. The molecule has 1 aliphatic rings. The number of benzene rings is 1. The molecule has 0 bridgehead atoms. The first-order valence-corrected chi connectivity index (χ1v) is 3.68. The zero-order valence-corrected chi connectivity index (χ0v) is 5.83. The van der Waals surface area contributed by atoms with E-state index in [4.69, 9.17) is 5.73 Å². The molecule has 0 radical (unpaired) electrons. The lowest BCUT2D eigenvalue weighted by molar-refractivity contribution is 0.991. The molecule has 0 saturated heterocycles. The highest BCUT2D eigenvalue weighted by Crippen LogP contribution is 2.38. The molecule has 1 heteroatoms. The van der Waals surface area contributed by atoms with E-state index in [9.17, 15) is 0 Å². The summed E-state index contributed by atoms with van der Waals surface area (Å²) < 4.78 is 0. The number of hydrogen-bond acceptors (Lipinski definition) is 1. The molecule has 0 spiro atoms. The summed E-state index contributed by atoms with van der Waals surface area (Å²) >= 11 is 0. The average molecular weight is 133 g/mol. The zero-order valence-electron chi connectivity index (χ0n) is 5.83. The summed E-state index contributed by atoms with van der Waals surface area (Å²) in [4.78, 5) is 0. The van der Waals surface area contributed by atoms with Crippen LogP contribution < -0.4 is 5.73 Å². The fourth-order valence-electron chi connectivity index (χ4n) is 1.30. The van der Waals surface area contributed by atoms with Crippen molar-refractivity contribution in [3.05, 3.63) is 35.9 Å². The van der Waals surface area contributed by atoms with Crippen LogP contribution in [0, 0.1) is 0 Å². The Morgan fingerprint density at radius 1 is 1.20 bits per heavy atom. The third-order valence-electron chi connectivity index (χ3n) is 2.07. The van der Waals surface area contributed by atoms with E-state index in [2.05, 4.69) is 24.3 Å². The van der Waals surface area contributed by atoms with Crippen LogP contribution in [0.1, 0.15) is 17.9 Å². The van der Waals surface area contributed by atoms with Crippen molar-refractivity contribution in [2.45, 2.75) is 18.4 Å². The van der Waals surface area contributed by atoms with Gasteiger partial charge in [0.25, 0.3) is 0 Å². The Morgan fingerprint density at radius 3 is 2.30 bits per heavy atom. The predicted octanol–water partition coefficient (Wildman–Crippen LogP) is 1.50. The molecule has 10 heavy (non-hydrogen) atoms. The van der Waals surface area contributed by atoms with Crippen molar-refractivity contribution >= 4 is 0 Å². The monoisotopic (exact) mass is 133 g/mol. The summed E-state index contributed by atoms with van der Waals surface area (Å²) in [6, 6.07) is 10.9. The number of nitrogens with two attached hydrogens (primary N) is 1. The van der Waals surface area contributed by atoms with Crippen LogP contribution in [0.5, 0.6) is 0 Å². The second-order valence-electron chi connectivity index (χ2n) is 2.92. The van der Waals surface area contributed by atoms with Crippen molar-refractivity contribution in [1.82, 2.24) is 0 Å². The van der Waals surface area contributed by atoms with E-state index in [1.807, 2.05) is 6.07 Å². The van der Waals surface area contributed by atoms with Crippen LogP contribution in [-0.2, 0) is 0 Å². The number of hydrogen-bond donors (Lipinski definition) is 1. The van der Waals surface area contributed by atoms with Gasteiger partial charge in [-0.25, -0.2) is 0 Å². The van der Waals surface area contributed by atoms with E-state index in [0.717, 1.165) is 0 Å². The maximum Gasteiger partial charge on any atom is 0.0115 e. The van der Waals surface area contributed by atoms with E-state index < -0.39 is 0 Å². The lowest BCUT2D eigenvalue weighted by Crippen LogP contribution is -2.00. The topological polar surface area (TPSA) is 26.0 Å². The largest absolute Gasteiger partial charge is 0.327 e. The molecule has 2 N–H and O–H groups in total. The Labute approximate surface area is 60.9 Å². The minimum Gasteiger partial charge on any atom is -0.327 e. The second-order valence-corrected chi connectivity index (χ2v) is 2.92. The SMILES string of the molecule is NC1C[C@@H]1c1ccccc1. The predicted molar refractivity (Wildman–Crippen MR) is 41.8 cm³/mol. The molecular formula is C9H11N.